The number of nitrogens with zero attached hydrogens (tertiary/aromatic N) is 2. The second-order valence-electron chi connectivity index (χ2n) is 6.01. The molecular formula is C17H24ClN3. The highest BCUT2D eigenvalue weighted by atomic mass is 35.5. The van der Waals surface area contributed by atoms with Crippen molar-refractivity contribution < 1.29 is 0 Å². The van der Waals surface area contributed by atoms with Gasteiger partial charge in [0.15, 0.2) is 0 Å². The van der Waals surface area contributed by atoms with Crippen molar-refractivity contribution in [2.75, 3.05) is 6.54 Å². The van der Waals surface area contributed by atoms with Gasteiger partial charge in [0.05, 0.1) is 11.4 Å². The first-order valence-electron chi connectivity index (χ1n) is 7.42. The molecule has 1 N–H and O–H groups in total. The van der Waals surface area contributed by atoms with Gasteiger partial charge in [-0.2, -0.15) is 5.10 Å². The Kier molecular flexibility index (Phi) is 5.07. The predicted octanol–water partition coefficient (Wildman–Crippen LogP) is 4.20. The minimum absolute atomic E-state index is 0.640. The van der Waals surface area contributed by atoms with Gasteiger partial charge < -0.3 is 5.32 Å². The minimum Gasteiger partial charge on any atom is -0.312 e. The third-order valence-electron chi connectivity index (χ3n) is 3.80. The molecule has 0 saturated heterocycles. The van der Waals surface area contributed by atoms with Crippen LogP contribution >= 0.6 is 11.6 Å². The average molecular weight is 306 g/mol. The number of hydrogen-bond donors (Lipinski definition) is 1. The van der Waals surface area contributed by atoms with Gasteiger partial charge in [0.25, 0.3) is 0 Å². The first-order chi connectivity index (χ1) is 9.90. The standard InChI is InChI=1S/C17H24ClN3/c1-11(2)9-19-10-15-6-7-16(8-17(15)18)21-14(5)12(3)13(4)20-21/h6-8,11,19H,9-10H2,1-5H3. The minimum atomic E-state index is 0.640. The summed E-state index contributed by atoms with van der Waals surface area (Å²) in [4.78, 5) is 0. The molecule has 0 radical (unpaired) electrons. The van der Waals surface area contributed by atoms with E-state index < -0.39 is 0 Å². The normalized spacial score (nSPS) is 11.4. The maximum atomic E-state index is 6.41. The van der Waals surface area contributed by atoms with E-state index in [2.05, 4.69) is 50.2 Å². The Morgan fingerprint density at radius 2 is 1.95 bits per heavy atom. The number of rotatable bonds is 5. The van der Waals surface area contributed by atoms with Gasteiger partial charge in [0.2, 0.25) is 0 Å². The zero-order valence-corrected chi connectivity index (χ0v) is 14.3. The summed E-state index contributed by atoms with van der Waals surface area (Å²) >= 11 is 6.41. The smallest absolute Gasteiger partial charge is 0.0663 e. The Bertz CT molecular complexity index is 629. The molecule has 0 atom stereocenters. The summed E-state index contributed by atoms with van der Waals surface area (Å²) in [6.45, 7) is 12.4. The van der Waals surface area contributed by atoms with E-state index in [4.69, 9.17) is 11.6 Å². The number of hydrogen-bond acceptors (Lipinski definition) is 2. The SMILES string of the molecule is Cc1nn(-c2ccc(CNCC(C)C)c(Cl)c2)c(C)c1C. The van der Waals surface area contributed by atoms with Crippen LogP contribution in [0.25, 0.3) is 5.69 Å². The van der Waals surface area contributed by atoms with E-state index in [1.807, 2.05) is 17.7 Å². The molecule has 114 valence electrons. The molecule has 4 heteroatoms. The van der Waals surface area contributed by atoms with Gasteiger partial charge in [0, 0.05) is 17.3 Å². The first kappa shape index (κ1) is 16.1. The fourth-order valence-electron chi connectivity index (χ4n) is 2.28. The largest absolute Gasteiger partial charge is 0.312 e. The summed E-state index contributed by atoms with van der Waals surface area (Å²) in [7, 11) is 0. The van der Waals surface area contributed by atoms with Gasteiger partial charge in [-0.3, -0.25) is 0 Å². The van der Waals surface area contributed by atoms with Crippen molar-refractivity contribution in [1.82, 2.24) is 15.1 Å². The summed E-state index contributed by atoms with van der Waals surface area (Å²) in [5.74, 6) is 0.640. The first-order valence-corrected chi connectivity index (χ1v) is 7.80. The van der Waals surface area contributed by atoms with Crippen LogP contribution in [0.1, 0.15) is 36.4 Å². The van der Waals surface area contributed by atoms with Crippen LogP contribution in [0.15, 0.2) is 18.2 Å². The molecule has 0 unspecified atom stereocenters. The summed E-state index contributed by atoms with van der Waals surface area (Å²) in [6, 6.07) is 6.15. The molecule has 0 aliphatic carbocycles. The number of benzene rings is 1. The molecule has 1 aromatic carbocycles. The monoisotopic (exact) mass is 305 g/mol. The fourth-order valence-corrected chi connectivity index (χ4v) is 2.52. The van der Waals surface area contributed by atoms with E-state index in [1.54, 1.807) is 0 Å². The zero-order chi connectivity index (χ0) is 15.6. The molecule has 3 nitrogen and oxygen atoms in total. The third kappa shape index (κ3) is 3.66. The molecule has 0 spiro atoms. The van der Waals surface area contributed by atoms with Crippen LogP contribution in [0, 0.1) is 26.7 Å². The van der Waals surface area contributed by atoms with Gasteiger partial charge >= 0.3 is 0 Å². The van der Waals surface area contributed by atoms with E-state index >= 15 is 0 Å². The highest BCUT2D eigenvalue weighted by Gasteiger charge is 2.10. The molecule has 21 heavy (non-hydrogen) atoms. The summed E-state index contributed by atoms with van der Waals surface area (Å²) in [5, 5.41) is 8.78. The van der Waals surface area contributed by atoms with Crippen LogP contribution in [0.3, 0.4) is 0 Å². The van der Waals surface area contributed by atoms with Crippen LogP contribution in [-0.4, -0.2) is 16.3 Å². The van der Waals surface area contributed by atoms with Crippen LogP contribution < -0.4 is 5.32 Å². The van der Waals surface area contributed by atoms with Crippen molar-refractivity contribution in [3.63, 3.8) is 0 Å². The second-order valence-corrected chi connectivity index (χ2v) is 6.42. The molecule has 0 fully saturated rings. The maximum absolute atomic E-state index is 6.41. The van der Waals surface area contributed by atoms with Gasteiger partial charge in [0.1, 0.15) is 0 Å². The molecule has 0 aliphatic heterocycles. The second kappa shape index (κ2) is 6.63. The van der Waals surface area contributed by atoms with E-state index in [1.165, 1.54) is 5.56 Å². The zero-order valence-electron chi connectivity index (χ0n) is 13.5. The Balaban J connectivity index is 2.20. The number of aryl methyl sites for hydroxylation is 1. The maximum Gasteiger partial charge on any atom is 0.0663 e. The summed E-state index contributed by atoms with van der Waals surface area (Å²) < 4.78 is 1.96. The molecule has 0 saturated carbocycles. The van der Waals surface area contributed by atoms with E-state index in [0.29, 0.717) is 5.92 Å². The highest BCUT2D eigenvalue weighted by molar-refractivity contribution is 6.31. The molecule has 2 rings (SSSR count). The highest BCUT2D eigenvalue weighted by Crippen LogP contribution is 2.23. The lowest BCUT2D eigenvalue weighted by Gasteiger charge is -2.11. The Hall–Kier alpha value is -1.32. The van der Waals surface area contributed by atoms with Crippen molar-refractivity contribution in [3.05, 3.63) is 45.7 Å². The Morgan fingerprint density at radius 3 is 2.48 bits per heavy atom. The summed E-state index contributed by atoms with van der Waals surface area (Å²) in [5.41, 5.74) is 5.59. The predicted molar refractivity (Wildman–Crippen MR) is 89.3 cm³/mol. The topological polar surface area (TPSA) is 29.9 Å². The lowest BCUT2D eigenvalue weighted by atomic mass is 10.1. The molecule has 1 heterocycles. The quantitative estimate of drug-likeness (QED) is 0.897. The van der Waals surface area contributed by atoms with E-state index in [9.17, 15) is 0 Å². The van der Waals surface area contributed by atoms with E-state index in [0.717, 1.165) is 40.8 Å². The van der Waals surface area contributed by atoms with Crippen LogP contribution in [0.5, 0.6) is 0 Å². The molecular weight excluding hydrogens is 282 g/mol. The molecule has 1 aromatic heterocycles. The molecule has 2 aromatic rings. The lowest BCUT2D eigenvalue weighted by Crippen LogP contribution is -2.19. The molecule has 0 amide bonds. The van der Waals surface area contributed by atoms with Crippen molar-refractivity contribution >= 4 is 11.6 Å². The third-order valence-corrected chi connectivity index (χ3v) is 4.15. The van der Waals surface area contributed by atoms with Crippen LogP contribution in [0.4, 0.5) is 0 Å². The van der Waals surface area contributed by atoms with Gasteiger partial charge in [-0.1, -0.05) is 31.5 Å². The number of halogens is 1. The summed E-state index contributed by atoms with van der Waals surface area (Å²) in [6.07, 6.45) is 0. The average Bonchev–Trinajstić information content (AvgIpc) is 2.68. The molecule has 0 aliphatic rings. The van der Waals surface area contributed by atoms with Crippen molar-refractivity contribution in [2.45, 2.75) is 41.2 Å². The van der Waals surface area contributed by atoms with Gasteiger partial charge in [-0.15, -0.1) is 0 Å². The van der Waals surface area contributed by atoms with Crippen LogP contribution in [0.2, 0.25) is 5.02 Å². The lowest BCUT2D eigenvalue weighted by molar-refractivity contribution is 0.552. The number of aromatic nitrogens is 2. The number of nitrogens with one attached hydrogen (secondary N) is 1. The van der Waals surface area contributed by atoms with Gasteiger partial charge in [-0.05, 0) is 56.5 Å². The fraction of sp³-hybridized carbons (Fsp3) is 0.471. The Labute approximate surface area is 132 Å². The molecule has 0 bridgehead atoms. The van der Waals surface area contributed by atoms with Crippen LogP contribution in [-0.2, 0) is 6.54 Å². The van der Waals surface area contributed by atoms with Gasteiger partial charge in [-0.25, -0.2) is 4.68 Å². The van der Waals surface area contributed by atoms with Crippen molar-refractivity contribution in [3.8, 4) is 5.69 Å². The van der Waals surface area contributed by atoms with Crippen molar-refractivity contribution in [1.29, 1.82) is 0 Å². The van der Waals surface area contributed by atoms with E-state index in [-0.39, 0.29) is 0 Å². The van der Waals surface area contributed by atoms with Crippen molar-refractivity contribution in [2.24, 2.45) is 5.92 Å². The Morgan fingerprint density at radius 1 is 1.24 bits per heavy atom.